The van der Waals surface area contributed by atoms with Crippen molar-refractivity contribution in [1.82, 2.24) is 0 Å². The Morgan fingerprint density at radius 3 is 2.40 bits per heavy atom. The number of hydrogen-bond donors (Lipinski definition) is 0. The number of halogens is 4. The Morgan fingerprint density at radius 2 is 1.93 bits per heavy atom. The van der Waals surface area contributed by atoms with Crippen LogP contribution in [0.25, 0.3) is 0 Å². The first-order valence-corrected chi connectivity index (χ1v) is 6.32. The highest BCUT2D eigenvalue weighted by molar-refractivity contribution is 9.09. The zero-order valence-electron chi connectivity index (χ0n) is 8.95. The first-order chi connectivity index (χ1) is 6.99. The van der Waals surface area contributed by atoms with Gasteiger partial charge in [0.1, 0.15) is 6.61 Å². The first-order valence-electron chi connectivity index (χ1n) is 5.20. The quantitative estimate of drug-likeness (QED) is 0.482. The van der Waals surface area contributed by atoms with Crippen LogP contribution in [-0.4, -0.2) is 24.7 Å². The third-order valence-corrected chi connectivity index (χ3v) is 3.00. The van der Waals surface area contributed by atoms with Gasteiger partial charge in [0.2, 0.25) is 0 Å². The van der Waals surface area contributed by atoms with Gasteiger partial charge in [0.15, 0.2) is 0 Å². The van der Waals surface area contributed by atoms with Gasteiger partial charge in [0, 0.05) is 11.9 Å². The summed E-state index contributed by atoms with van der Waals surface area (Å²) in [5.41, 5.74) is 0. The predicted molar refractivity (Wildman–Crippen MR) is 58.3 cm³/mol. The van der Waals surface area contributed by atoms with E-state index in [-0.39, 0.29) is 6.61 Å². The standard InChI is InChI=1S/C10H18BrF3O/c1-2-4-9(7-11)5-3-6-15-8-10(12,13)14/h9H,2-8H2,1H3. The molecule has 0 aromatic carbocycles. The molecule has 0 amide bonds. The average Bonchev–Trinajstić information content (AvgIpc) is 2.14. The summed E-state index contributed by atoms with van der Waals surface area (Å²) in [6, 6.07) is 0. The van der Waals surface area contributed by atoms with Gasteiger partial charge in [-0.05, 0) is 25.2 Å². The lowest BCUT2D eigenvalue weighted by atomic mass is 10.0. The van der Waals surface area contributed by atoms with E-state index in [1.54, 1.807) is 0 Å². The van der Waals surface area contributed by atoms with E-state index in [4.69, 9.17) is 0 Å². The van der Waals surface area contributed by atoms with E-state index in [0.29, 0.717) is 12.3 Å². The fraction of sp³-hybridized carbons (Fsp3) is 1.00. The molecule has 0 bridgehead atoms. The molecule has 1 atom stereocenters. The molecule has 1 unspecified atom stereocenters. The molecule has 0 aliphatic carbocycles. The molecule has 0 radical (unpaired) electrons. The van der Waals surface area contributed by atoms with E-state index in [2.05, 4.69) is 27.6 Å². The molecule has 0 aromatic heterocycles. The molecule has 0 aliphatic rings. The lowest BCUT2D eigenvalue weighted by Crippen LogP contribution is -2.17. The zero-order chi connectivity index (χ0) is 11.7. The summed E-state index contributed by atoms with van der Waals surface area (Å²) in [7, 11) is 0. The molecule has 1 nitrogen and oxygen atoms in total. The summed E-state index contributed by atoms with van der Waals surface area (Å²) in [6.45, 7) is 1.18. The van der Waals surface area contributed by atoms with Crippen molar-refractivity contribution in [2.45, 2.75) is 38.8 Å². The van der Waals surface area contributed by atoms with Gasteiger partial charge >= 0.3 is 6.18 Å². The van der Waals surface area contributed by atoms with Gasteiger partial charge in [-0.2, -0.15) is 13.2 Å². The van der Waals surface area contributed by atoms with Gasteiger partial charge < -0.3 is 4.74 Å². The van der Waals surface area contributed by atoms with E-state index in [0.717, 1.165) is 24.6 Å². The molecule has 0 spiro atoms. The Morgan fingerprint density at radius 1 is 1.27 bits per heavy atom. The van der Waals surface area contributed by atoms with Crippen LogP contribution < -0.4 is 0 Å². The van der Waals surface area contributed by atoms with E-state index < -0.39 is 12.8 Å². The summed E-state index contributed by atoms with van der Waals surface area (Å²) in [5.74, 6) is 0.560. The topological polar surface area (TPSA) is 9.23 Å². The molecule has 0 saturated carbocycles. The molecule has 92 valence electrons. The van der Waals surface area contributed by atoms with Crippen molar-refractivity contribution in [3.8, 4) is 0 Å². The van der Waals surface area contributed by atoms with E-state index in [9.17, 15) is 13.2 Å². The van der Waals surface area contributed by atoms with Crippen LogP contribution in [0, 0.1) is 5.92 Å². The molecule has 0 heterocycles. The van der Waals surface area contributed by atoms with Crippen LogP contribution in [0.5, 0.6) is 0 Å². The largest absolute Gasteiger partial charge is 0.411 e. The fourth-order valence-corrected chi connectivity index (χ4v) is 2.02. The molecule has 0 N–H and O–H groups in total. The molecule has 0 aromatic rings. The third-order valence-electron chi connectivity index (χ3n) is 2.08. The van der Waals surface area contributed by atoms with Crippen molar-refractivity contribution in [3.63, 3.8) is 0 Å². The van der Waals surface area contributed by atoms with Crippen molar-refractivity contribution in [3.05, 3.63) is 0 Å². The van der Waals surface area contributed by atoms with Crippen molar-refractivity contribution in [2.24, 2.45) is 5.92 Å². The van der Waals surface area contributed by atoms with Crippen molar-refractivity contribution in [2.75, 3.05) is 18.5 Å². The van der Waals surface area contributed by atoms with Gasteiger partial charge in [0.25, 0.3) is 0 Å². The second kappa shape index (κ2) is 8.39. The normalized spacial score (nSPS) is 14.2. The summed E-state index contributed by atoms with van der Waals surface area (Å²) in [5, 5.41) is 0.917. The zero-order valence-corrected chi connectivity index (χ0v) is 10.5. The second-order valence-electron chi connectivity index (χ2n) is 3.62. The summed E-state index contributed by atoms with van der Waals surface area (Å²) < 4.78 is 39.6. The molecular weight excluding hydrogens is 273 g/mol. The Labute approximate surface area is 97.5 Å². The molecule has 0 rings (SSSR count). The Kier molecular flexibility index (Phi) is 8.52. The molecule has 0 aliphatic heterocycles. The number of alkyl halides is 4. The third kappa shape index (κ3) is 10.5. The highest BCUT2D eigenvalue weighted by Crippen LogP contribution is 2.17. The van der Waals surface area contributed by atoms with Crippen molar-refractivity contribution >= 4 is 15.9 Å². The predicted octanol–water partition coefficient (Wildman–Crippen LogP) is 4.16. The van der Waals surface area contributed by atoms with Crippen LogP contribution in [0.3, 0.4) is 0 Å². The van der Waals surface area contributed by atoms with Crippen LogP contribution >= 0.6 is 15.9 Å². The van der Waals surface area contributed by atoms with Gasteiger partial charge in [-0.1, -0.05) is 29.3 Å². The lowest BCUT2D eigenvalue weighted by Gasteiger charge is -2.13. The highest BCUT2D eigenvalue weighted by atomic mass is 79.9. The summed E-state index contributed by atoms with van der Waals surface area (Å²) in [6.07, 6.45) is -0.342. The minimum absolute atomic E-state index is 0.201. The SMILES string of the molecule is CCCC(CBr)CCCOCC(F)(F)F. The number of hydrogen-bond acceptors (Lipinski definition) is 1. The molecule has 15 heavy (non-hydrogen) atoms. The van der Waals surface area contributed by atoms with Crippen LogP contribution in [-0.2, 0) is 4.74 Å². The molecule has 5 heteroatoms. The van der Waals surface area contributed by atoms with E-state index >= 15 is 0 Å². The maximum atomic E-state index is 11.7. The summed E-state index contributed by atoms with van der Waals surface area (Å²) >= 11 is 3.40. The van der Waals surface area contributed by atoms with Crippen molar-refractivity contribution < 1.29 is 17.9 Å². The Balaban J connectivity index is 3.36. The monoisotopic (exact) mass is 290 g/mol. The molecule has 0 saturated heterocycles. The van der Waals surface area contributed by atoms with E-state index in [1.165, 1.54) is 0 Å². The van der Waals surface area contributed by atoms with E-state index in [1.807, 2.05) is 0 Å². The van der Waals surface area contributed by atoms with Gasteiger partial charge in [-0.3, -0.25) is 0 Å². The molecular formula is C10H18BrF3O. The average molecular weight is 291 g/mol. The van der Waals surface area contributed by atoms with Crippen LogP contribution in [0.1, 0.15) is 32.6 Å². The van der Waals surface area contributed by atoms with Gasteiger partial charge in [0.05, 0.1) is 0 Å². The first kappa shape index (κ1) is 15.2. The number of rotatable bonds is 8. The second-order valence-corrected chi connectivity index (χ2v) is 4.27. The Hall–Kier alpha value is 0.230. The highest BCUT2D eigenvalue weighted by Gasteiger charge is 2.27. The van der Waals surface area contributed by atoms with Crippen LogP contribution in [0.4, 0.5) is 13.2 Å². The summed E-state index contributed by atoms with van der Waals surface area (Å²) in [4.78, 5) is 0. The smallest absolute Gasteiger partial charge is 0.372 e. The maximum absolute atomic E-state index is 11.7. The minimum atomic E-state index is -4.20. The minimum Gasteiger partial charge on any atom is -0.372 e. The van der Waals surface area contributed by atoms with Gasteiger partial charge in [-0.15, -0.1) is 0 Å². The van der Waals surface area contributed by atoms with Crippen LogP contribution in [0.15, 0.2) is 0 Å². The van der Waals surface area contributed by atoms with Gasteiger partial charge in [-0.25, -0.2) is 0 Å². The maximum Gasteiger partial charge on any atom is 0.411 e. The van der Waals surface area contributed by atoms with Crippen molar-refractivity contribution in [1.29, 1.82) is 0 Å². The lowest BCUT2D eigenvalue weighted by molar-refractivity contribution is -0.174. The Bertz CT molecular complexity index is 150. The molecule has 0 fully saturated rings. The van der Waals surface area contributed by atoms with Crippen LogP contribution in [0.2, 0.25) is 0 Å². The number of ether oxygens (including phenoxy) is 1. The fourth-order valence-electron chi connectivity index (χ4n) is 1.37.